The maximum Gasteiger partial charge on any atom is 0.124 e. The minimum absolute atomic E-state index is 0.193. The third-order valence-electron chi connectivity index (χ3n) is 4.29. The molecule has 1 N–H and O–H groups in total. The number of carbonyl (C=O) groups is 1. The Morgan fingerprint density at radius 3 is 3.14 bits per heavy atom. The Balaban J connectivity index is 2.14. The molecule has 22 heavy (non-hydrogen) atoms. The number of halogens is 1. The summed E-state index contributed by atoms with van der Waals surface area (Å²) in [4.78, 5) is 17.8. The zero-order chi connectivity index (χ0) is 15.5. The maximum atomic E-state index is 11.1. The topological polar surface area (TPSA) is 53.4 Å². The molecule has 1 unspecified atom stereocenters. The van der Waals surface area contributed by atoms with E-state index in [1.807, 2.05) is 18.2 Å². The lowest BCUT2D eigenvalue weighted by Crippen LogP contribution is -2.37. The Labute approximate surface area is 134 Å². The fourth-order valence-corrected chi connectivity index (χ4v) is 3.54. The van der Waals surface area contributed by atoms with Gasteiger partial charge in [-0.25, -0.2) is 0 Å². The van der Waals surface area contributed by atoms with E-state index in [0.717, 1.165) is 54.4 Å². The molecule has 4 nitrogen and oxygen atoms in total. The first kappa shape index (κ1) is 15.3. The number of fused-ring (bicyclic) bond motifs is 1. The van der Waals surface area contributed by atoms with Crippen LogP contribution in [0.2, 0.25) is 5.02 Å². The monoisotopic (exact) mass is 318 g/mol. The molecule has 1 aromatic carbocycles. The number of carbonyl (C=O) groups excluding carboxylic acids is 1. The standard InChI is InChI=1S/C17H19ClN2O2/c18-15-9-13(5-8-21)17(16-14(15)4-1-6-19-16)20-7-2-3-12(10-20)11-22/h1,4,6,8-9,12,22H,2-3,5,7,10-11H2. The molecule has 1 aliphatic heterocycles. The zero-order valence-corrected chi connectivity index (χ0v) is 13.1. The van der Waals surface area contributed by atoms with Crippen molar-refractivity contribution in [1.29, 1.82) is 0 Å². The van der Waals surface area contributed by atoms with Gasteiger partial charge in [0, 0.05) is 37.7 Å². The summed E-state index contributed by atoms with van der Waals surface area (Å²) in [6, 6.07) is 5.69. The quantitative estimate of drug-likeness (QED) is 0.881. The molecule has 116 valence electrons. The number of aldehydes is 1. The highest BCUT2D eigenvalue weighted by Crippen LogP contribution is 2.36. The van der Waals surface area contributed by atoms with Crippen LogP contribution in [0.25, 0.3) is 10.9 Å². The van der Waals surface area contributed by atoms with Gasteiger partial charge in [-0.3, -0.25) is 4.98 Å². The minimum atomic E-state index is 0.193. The van der Waals surface area contributed by atoms with Gasteiger partial charge in [-0.1, -0.05) is 11.6 Å². The fraction of sp³-hybridized carbons (Fsp3) is 0.412. The average molecular weight is 319 g/mol. The fourth-order valence-electron chi connectivity index (χ4n) is 3.25. The first-order valence-corrected chi connectivity index (χ1v) is 7.98. The highest BCUT2D eigenvalue weighted by Gasteiger charge is 2.24. The van der Waals surface area contributed by atoms with E-state index in [9.17, 15) is 9.90 Å². The summed E-state index contributed by atoms with van der Waals surface area (Å²) in [6.07, 6.45) is 5.04. The van der Waals surface area contributed by atoms with Crippen LogP contribution in [0, 0.1) is 5.92 Å². The van der Waals surface area contributed by atoms with Gasteiger partial charge < -0.3 is 14.8 Å². The predicted octanol–water partition coefficient (Wildman–Crippen LogP) is 2.84. The second-order valence-corrected chi connectivity index (χ2v) is 6.18. The van der Waals surface area contributed by atoms with E-state index < -0.39 is 0 Å². The molecule has 5 heteroatoms. The lowest BCUT2D eigenvalue weighted by atomic mass is 9.96. The van der Waals surface area contributed by atoms with Gasteiger partial charge in [0.25, 0.3) is 0 Å². The first-order valence-electron chi connectivity index (χ1n) is 7.60. The molecular formula is C17H19ClN2O2. The lowest BCUT2D eigenvalue weighted by Gasteiger charge is -2.35. The number of aliphatic hydroxyl groups is 1. The SMILES string of the molecule is O=CCc1cc(Cl)c2cccnc2c1N1CCCC(CO)C1. The van der Waals surface area contributed by atoms with E-state index in [2.05, 4.69) is 9.88 Å². The summed E-state index contributed by atoms with van der Waals surface area (Å²) in [7, 11) is 0. The van der Waals surface area contributed by atoms with Gasteiger partial charge in [0.1, 0.15) is 6.29 Å². The summed E-state index contributed by atoms with van der Waals surface area (Å²) in [5.74, 6) is 0.271. The second-order valence-electron chi connectivity index (χ2n) is 5.77. The summed E-state index contributed by atoms with van der Waals surface area (Å²) < 4.78 is 0. The minimum Gasteiger partial charge on any atom is -0.396 e. The Morgan fingerprint density at radius 1 is 1.50 bits per heavy atom. The van der Waals surface area contributed by atoms with Gasteiger partial charge in [-0.2, -0.15) is 0 Å². The molecule has 0 amide bonds. The third kappa shape index (κ3) is 2.81. The number of hydrogen-bond donors (Lipinski definition) is 1. The van der Waals surface area contributed by atoms with Gasteiger partial charge in [0.2, 0.25) is 0 Å². The number of rotatable bonds is 4. The van der Waals surface area contributed by atoms with Crippen molar-refractivity contribution in [2.24, 2.45) is 5.92 Å². The number of piperidine rings is 1. The molecule has 1 aromatic heterocycles. The van der Waals surface area contributed by atoms with Crippen molar-refractivity contribution in [3.63, 3.8) is 0 Å². The van der Waals surface area contributed by atoms with E-state index in [1.54, 1.807) is 6.20 Å². The molecule has 3 rings (SSSR count). The largest absolute Gasteiger partial charge is 0.396 e. The van der Waals surface area contributed by atoms with Gasteiger partial charge in [-0.15, -0.1) is 0 Å². The van der Waals surface area contributed by atoms with E-state index >= 15 is 0 Å². The van der Waals surface area contributed by atoms with Crippen LogP contribution in [-0.4, -0.2) is 36.1 Å². The predicted molar refractivity (Wildman–Crippen MR) is 88.5 cm³/mol. The molecular weight excluding hydrogens is 300 g/mol. The van der Waals surface area contributed by atoms with Crippen LogP contribution < -0.4 is 4.90 Å². The number of hydrogen-bond acceptors (Lipinski definition) is 4. The number of aliphatic hydroxyl groups excluding tert-OH is 1. The Bertz CT molecular complexity index is 690. The smallest absolute Gasteiger partial charge is 0.124 e. The summed E-state index contributed by atoms with van der Waals surface area (Å²) >= 11 is 6.35. The highest BCUT2D eigenvalue weighted by atomic mass is 35.5. The van der Waals surface area contributed by atoms with E-state index in [-0.39, 0.29) is 12.5 Å². The molecule has 0 aliphatic carbocycles. The summed E-state index contributed by atoms with van der Waals surface area (Å²) in [5.41, 5.74) is 2.74. The molecule has 0 radical (unpaired) electrons. The van der Waals surface area contributed by atoms with Crippen LogP contribution in [0.1, 0.15) is 18.4 Å². The van der Waals surface area contributed by atoms with Crippen molar-refractivity contribution in [3.05, 3.63) is 35.0 Å². The average Bonchev–Trinajstić information content (AvgIpc) is 2.55. The number of pyridine rings is 1. The van der Waals surface area contributed by atoms with Crippen molar-refractivity contribution >= 4 is 34.5 Å². The number of nitrogens with zero attached hydrogens (tertiary/aromatic N) is 2. The number of aromatic nitrogens is 1. The first-order chi connectivity index (χ1) is 10.7. The molecule has 1 saturated heterocycles. The van der Waals surface area contributed by atoms with Crippen molar-refractivity contribution in [3.8, 4) is 0 Å². The number of anilines is 1. The van der Waals surface area contributed by atoms with Crippen LogP contribution in [0.3, 0.4) is 0 Å². The Morgan fingerprint density at radius 2 is 2.36 bits per heavy atom. The Hall–Kier alpha value is -1.65. The van der Waals surface area contributed by atoms with Crippen LogP contribution in [0.15, 0.2) is 24.4 Å². The molecule has 0 spiro atoms. The van der Waals surface area contributed by atoms with Gasteiger partial charge in [0.05, 0.1) is 16.2 Å². The molecule has 2 aromatic rings. The van der Waals surface area contributed by atoms with Crippen molar-refractivity contribution < 1.29 is 9.90 Å². The van der Waals surface area contributed by atoms with E-state index in [0.29, 0.717) is 11.4 Å². The van der Waals surface area contributed by atoms with Crippen LogP contribution in [-0.2, 0) is 11.2 Å². The molecule has 2 heterocycles. The number of benzene rings is 1. The molecule has 0 bridgehead atoms. The lowest BCUT2D eigenvalue weighted by molar-refractivity contribution is -0.107. The van der Waals surface area contributed by atoms with Crippen molar-refractivity contribution in [2.75, 3.05) is 24.6 Å². The highest BCUT2D eigenvalue weighted by molar-refractivity contribution is 6.36. The summed E-state index contributed by atoms with van der Waals surface area (Å²) in [5, 5.41) is 11.0. The third-order valence-corrected chi connectivity index (χ3v) is 4.60. The van der Waals surface area contributed by atoms with Gasteiger partial charge in [-0.05, 0) is 42.5 Å². The molecule has 1 atom stereocenters. The maximum absolute atomic E-state index is 11.1. The summed E-state index contributed by atoms with van der Waals surface area (Å²) in [6.45, 7) is 1.89. The molecule has 1 fully saturated rings. The van der Waals surface area contributed by atoms with Crippen LogP contribution in [0.4, 0.5) is 5.69 Å². The van der Waals surface area contributed by atoms with E-state index in [4.69, 9.17) is 11.6 Å². The second kappa shape index (κ2) is 6.63. The van der Waals surface area contributed by atoms with Gasteiger partial charge in [0.15, 0.2) is 0 Å². The Kier molecular flexibility index (Phi) is 4.60. The van der Waals surface area contributed by atoms with Crippen molar-refractivity contribution in [1.82, 2.24) is 4.98 Å². The normalized spacial score (nSPS) is 18.6. The zero-order valence-electron chi connectivity index (χ0n) is 12.3. The van der Waals surface area contributed by atoms with Crippen LogP contribution >= 0.6 is 11.6 Å². The molecule has 1 aliphatic rings. The van der Waals surface area contributed by atoms with Crippen LogP contribution in [0.5, 0.6) is 0 Å². The van der Waals surface area contributed by atoms with E-state index in [1.165, 1.54) is 0 Å². The van der Waals surface area contributed by atoms with Gasteiger partial charge >= 0.3 is 0 Å². The molecule has 0 saturated carbocycles. The van der Waals surface area contributed by atoms with Crippen molar-refractivity contribution in [2.45, 2.75) is 19.3 Å².